The Morgan fingerprint density at radius 1 is 1.40 bits per heavy atom. The van der Waals surface area contributed by atoms with E-state index in [4.69, 9.17) is 0 Å². The monoisotopic (exact) mass is 252 g/mol. The van der Waals surface area contributed by atoms with Crippen LogP contribution in [0.1, 0.15) is 19.8 Å². The summed E-state index contributed by atoms with van der Waals surface area (Å²) in [5, 5.41) is 4.20. The highest BCUT2D eigenvalue weighted by atomic mass is 32.2. The smallest absolute Gasteiger partial charge is 0.208 e. The van der Waals surface area contributed by atoms with Crippen molar-refractivity contribution in [1.82, 2.24) is 10.0 Å². The van der Waals surface area contributed by atoms with Gasteiger partial charge in [0.15, 0.2) is 0 Å². The number of nitrogens with one attached hydrogen (secondary N) is 2. The summed E-state index contributed by atoms with van der Waals surface area (Å²) in [6, 6.07) is 0.614. The van der Waals surface area contributed by atoms with Crippen molar-refractivity contribution in [1.29, 1.82) is 0 Å². The topological polar surface area (TPSA) is 58.2 Å². The van der Waals surface area contributed by atoms with E-state index < -0.39 is 10.0 Å². The van der Waals surface area contributed by atoms with Gasteiger partial charge in [0.2, 0.25) is 10.0 Å². The largest absolute Gasteiger partial charge is 0.313 e. The molecular weight excluding hydrogens is 232 g/mol. The van der Waals surface area contributed by atoms with Gasteiger partial charge in [-0.15, -0.1) is 0 Å². The summed E-state index contributed by atoms with van der Waals surface area (Å²) < 4.78 is 24.0. The minimum Gasteiger partial charge on any atom is -0.313 e. The molecule has 0 saturated carbocycles. The third kappa shape index (κ3) is 6.40. The van der Waals surface area contributed by atoms with Gasteiger partial charge in [0.05, 0.1) is 6.26 Å². The fraction of sp³-hybridized carbons (Fsp3) is 1.00. The van der Waals surface area contributed by atoms with E-state index in [0.29, 0.717) is 12.6 Å². The van der Waals surface area contributed by atoms with E-state index in [0.717, 1.165) is 18.2 Å². The van der Waals surface area contributed by atoms with Crippen molar-refractivity contribution in [2.24, 2.45) is 0 Å². The molecule has 1 aliphatic heterocycles. The average Bonchev–Trinajstić information content (AvgIpc) is 2.49. The van der Waals surface area contributed by atoms with Gasteiger partial charge in [0.1, 0.15) is 0 Å². The van der Waals surface area contributed by atoms with Gasteiger partial charge >= 0.3 is 0 Å². The minimum absolute atomic E-state index is 0.529. The molecule has 0 bridgehead atoms. The summed E-state index contributed by atoms with van der Waals surface area (Å²) in [5.74, 6) is 1.18. The van der Waals surface area contributed by atoms with Crippen LogP contribution in [-0.4, -0.2) is 44.8 Å². The maximum Gasteiger partial charge on any atom is 0.208 e. The Morgan fingerprint density at radius 3 is 2.67 bits per heavy atom. The predicted molar refractivity (Wildman–Crippen MR) is 65.8 cm³/mol. The second-order valence-corrected chi connectivity index (χ2v) is 7.36. The number of rotatable bonds is 6. The molecule has 1 heterocycles. The van der Waals surface area contributed by atoms with Gasteiger partial charge in [-0.25, -0.2) is 13.1 Å². The molecule has 1 aliphatic rings. The zero-order chi connectivity index (χ0) is 11.3. The second kappa shape index (κ2) is 6.08. The van der Waals surface area contributed by atoms with Crippen molar-refractivity contribution >= 4 is 21.8 Å². The molecule has 0 aromatic rings. The Balaban J connectivity index is 1.98. The molecule has 0 aromatic heterocycles. The first-order valence-electron chi connectivity index (χ1n) is 5.27. The normalized spacial score (nSPS) is 27.1. The van der Waals surface area contributed by atoms with Crippen LogP contribution in [-0.2, 0) is 10.0 Å². The molecule has 4 nitrogen and oxygen atoms in total. The van der Waals surface area contributed by atoms with E-state index in [1.165, 1.54) is 18.4 Å². The van der Waals surface area contributed by atoms with E-state index >= 15 is 0 Å². The van der Waals surface area contributed by atoms with Crippen LogP contribution < -0.4 is 10.0 Å². The van der Waals surface area contributed by atoms with E-state index in [1.807, 2.05) is 11.8 Å². The van der Waals surface area contributed by atoms with Crippen molar-refractivity contribution in [2.45, 2.75) is 31.1 Å². The van der Waals surface area contributed by atoms with Crippen molar-refractivity contribution < 1.29 is 8.42 Å². The molecular formula is C9H20N2O2S2. The maximum atomic E-state index is 10.8. The number of sulfonamides is 1. The molecule has 2 unspecified atom stereocenters. The van der Waals surface area contributed by atoms with Crippen LogP contribution in [0.5, 0.6) is 0 Å². The molecule has 0 aromatic carbocycles. The quantitative estimate of drug-likeness (QED) is 0.672. The van der Waals surface area contributed by atoms with Crippen molar-refractivity contribution in [3.05, 3.63) is 0 Å². The fourth-order valence-corrected chi connectivity index (χ4v) is 3.31. The van der Waals surface area contributed by atoms with Gasteiger partial charge in [0, 0.05) is 23.6 Å². The fourth-order valence-electron chi connectivity index (χ4n) is 1.61. The first-order chi connectivity index (χ1) is 6.97. The molecule has 1 rings (SSSR count). The number of hydrogen-bond acceptors (Lipinski definition) is 4. The Labute approximate surface area is 96.6 Å². The zero-order valence-corrected chi connectivity index (χ0v) is 11.0. The molecule has 0 spiro atoms. The van der Waals surface area contributed by atoms with Gasteiger partial charge in [-0.1, -0.05) is 6.92 Å². The Bertz CT molecular complexity index is 280. The molecule has 0 aliphatic carbocycles. The standard InChI is InChI=1S/C9H20N2O2S2/c1-8-6-9(7-14-8)10-4-3-5-11-15(2,12)13/h8-11H,3-7H2,1-2H3. The summed E-state index contributed by atoms with van der Waals surface area (Å²) in [5.41, 5.74) is 0. The Kier molecular flexibility index (Phi) is 5.38. The van der Waals surface area contributed by atoms with E-state index in [1.54, 1.807) is 0 Å². The van der Waals surface area contributed by atoms with Crippen LogP contribution in [0.2, 0.25) is 0 Å². The van der Waals surface area contributed by atoms with Gasteiger partial charge < -0.3 is 5.32 Å². The van der Waals surface area contributed by atoms with Crippen molar-refractivity contribution in [3.8, 4) is 0 Å². The van der Waals surface area contributed by atoms with Gasteiger partial charge in [-0.3, -0.25) is 0 Å². The van der Waals surface area contributed by atoms with Crippen molar-refractivity contribution in [3.63, 3.8) is 0 Å². The van der Waals surface area contributed by atoms with Crippen LogP contribution >= 0.6 is 11.8 Å². The van der Waals surface area contributed by atoms with E-state index in [2.05, 4.69) is 17.0 Å². The Morgan fingerprint density at radius 2 is 2.13 bits per heavy atom. The lowest BCUT2D eigenvalue weighted by atomic mass is 10.2. The molecule has 6 heteroatoms. The van der Waals surface area contributed by atoms with Crippen LogP contribution in [0.15, 0.2) is 0 Å². The average molecular weight is 252 g/mol. The van der Waals surface area contributed by atoms with E-state index in [9.17, 15) is 8.42 Å². The van der Waals surface area contributed by atoms with Gasteiger partial charge in [-0.2, -0.15) is 11.8 Å². The van der Waals surface area contributed by atoms with Crippen LogP contribution in [0.3, 0.4) is 0 Å². The van der Waals surface area contributed by atoms with Crippen LogP contribution in [0, 0.1) is 0 Å². The SMILES string of the molecule is CC1CC(NCCCNS(C)(=O)=O)CS1. The lowest BCUT2D eigenvalue weighted by Crippen LogP contribution is -2.32. The lowest BCUT2D eigenvalue weighted by Gasteiger charge is -2.11. The highest BCUT2D eigenvalue weighted by molar-refractivity contribution is 8.00. The molecule has 1 fully saturated rings. The molecule has 2 atom stereocenters. The third-order valence-corrected chi connectivity index (χ3v) is 4.43. The summed E-state index contributed by atoms with van der Waals surface area (Å²) in [7, 11) is -3.01. The maximum absolute atomic E-state index is 10.8. The molecule has 0 amide bonds. The van der Waals surface area contributed by atoms with Gasteiger partial charge in [0.25, 0.3) is 0 Å². The highest BCUT2D eigenvalue weighted by Crippen LogP contribution is 2.25. The van der Waals surface area contributed by atoms with Crippen LogP contribution in [0.4, 0.5) is 0 Å². The summed E-state index contributed by atoms with van der Waals surface area (Å²) >= 11 is 2.00. The summed E-state index contributed by atoms with van der Waals surface area (Å²) in [4.78, 5) is 0. The highest BCUT2D eigenvalue weighted by Gasteiger charge is 2.20. The molecule has 0 radical (unpaired) electrons. The first kappa shape index (κ1) is 13.3. The summed E-state index contributed by atoms with van der Waals surface area (Å²) in [6.07, 6.45) is 3.27. The van der Waals surface area contributed by atoms with Crippen LogP contribution in [0.25, 0.3) is 0 Å². The number of thioether (sulfide) groups is 1. The predicted octanol–water partition coefficient (Wildman–Crippen LogP) is 0.409. The van der Waals surface area contributed by atoms with Crippen molar-refractivity contribution in [2.75, 3.05) is 25.1 Å². The third-order valence-electron chi connectivity index (χ3n) is 2.35. The van der Waals surface area contributed by atoms with E-state index in [-0.39, 0.29) is 0 Å². The molecule has 2 N–H and O–H groups in total. The van der Waals surface area contributed by atoms with Gasteiger partial charge in [-0.05, 0) is 19.4 Å². The molecule has 1 saturated heterocycles. The lowest BCUT2D eigenvalue weighted by molar-refractivity contribution is 0.524. The minimum atomic E-state index is -3.01. The second-order valence-electron chi connectivity index (χ2n) is 4.05. The molecule has 90 valence electrons. The molecule has 15 heavy (non-hydrogen) atoms. The zero-order valence-electron chi connectivity index (χ0n) is 9.32. The first-order valence-corrected chi connectivity index (χ1v) is 8.21. The summed E-state index contributed by atoms with van der Waals surface area (Å²) in [6.45, 7) is 3.67. The number of hydrogen-bond donors (Lipinski definition) is 2. The Hall–Kier alpha value is 0.220.